The van der Waals surface area contributed by atoms with Crippen molar-refractivity contribution in [2.24, 2.45) is 5.92 Å². The number of rotatable bonds is 5. The van der Waals surface area contributed by atoms with Crippen LogP contribution in [0.15, 0.2) is 29.1 Å². The number of benzene rings is 1. The normalized spacial score (nSPS) is 11.0. The molecule has 0 bridgehead atoms. The molecule has 0 unspecified atom stereocenters. The van der Waals surface area contributed by atoms with Crippen LogP contribution in [0.2, 0.25) is 0 Å². The lowest BCUT2D eigenvalue weighted by Gasteiger charge is -2.17. The maximum atomic E-state index is 12.9. The fourth-order valence-electron chi connectivity index (χ4n) is 2.56. The molecule has 1 aromatic heterocycles. The number of ether oxygens (including phenoxy) is 1. The number of nitrogens with zero attached hydrogens (tertiary/aromatic N) is 2. The number of aromatic nitrogens is 2. The Morgan fingerprint density at radius 2 is 1.91 bits per heavy atom. The fourth-order valence-corrected chi connectivity index (χ4v) is 2.56. The molecule has 118 valence electrons. The predicted molar refractivity (Wildman–Crippen MR) is 89.4 cm³/mol. The lowest BCUT2D eigenvalue weighted by atomic mass is 10.0. The lowest BCUT2D eigenvalue weighted by Crippen LogP contribution is -2.28. The molecule has 4 nitrogen and oxygen atoms in total. The zero-order chi connectivity index (χ0) is 16.3. The topological polar surface area (TPSA) is 44.1 Å². The number of hydrogen-bond acceptors (Lipinski definition) is 3. The fraction of sp³-hybridized carbons (Fsp3) is 0.444. The molecule has 0 aliphatic heterocycles. The highest BCUT2D eigenvalue weighted by atomic mass is 16.5. The summed E-state index contributed by atoms with van der Waals surface area (Å²) in [5.41, 5.74) is 3.26. The van der Waals surface area contributed by atoms with Crippen LogP contribution in [0.25, 0.3) is 11.1 Å². The van der Waals surface area contributed by atoms with Crippen LogP contribution in [0.3, 0.4) is 0 Å². The highest BCUT2D eigenvalue weighted by molar-refractivity contribution is 5.73. The molecule has 0 radical (unpaired) electrons. The summed E-state index contributed by atoms with van der Waals surface area (Å²) in [6.45, 7) is 11.1. The molecule has 1 heterocycles. The average Bonchev–Trinajstić information content (AvgIpc) is 2.45. The molecular weight excluding hydrogens is 276 g/mol. The maximum Gasteiger partial charge on any atom is 0.278 e. The van der Waals surface area contributed by atoms with E-state index in [0.717, 1.165) is 16.8 Å². The Kier molecular flexibility index (Phi) is 5.01. The first-order valence-corrected chi connectivity index (χ1v) is 7.76. The summed E-state index contributed by atoms with van der Waals surface area (Å²) in [6.07, 6.45) is 0. The van der Waals surface area contributed by atoms with Crippen molar-refractivity contribution in [1.29, 1.82) is 0 Å². The van der Waals surface area contributed by atoms with Crippen LogP contribution in [0, 0.1) is 19.8 Å². The van der Waals surface area contributed by atoms with Crippen molar-refractivity contribution < 1.29 is 4.74 Å². The van der Waals surface area contributed by atoms with E-state index in [1.165, 1.54) is 0 Å². The molecule has 0 N–H and O–H groups in total. The Bertz CT molecular complexity index is 718. The SMILES string of the molecule is CCOc1c(C)nn(CC(C)C)c(=O)c1-c1ccccc1C. The molecule has 22 heavy (non-hydrogen) atoms. The lowest BCUT2D eigenvalue weighted by molar-refractivity contribution is 0.331. The van der Waals surface area contributed by atoms with Gasteiger partial charge < -0.3 is 4.74 Å². The molecule has 2 aromatic rings. The van der Waals surface area contributed by atoms with Crippen molar-refractivity contribution in [3.05, 3.63) is 45.9 Å². The van der Waals surface area contributed by atoms with Crippen molar-refractivity contribution >= 4 is 0 Å². The second-order valence-corrected chi connectivity index (χ2v) is 5.92. The van der Waals surface area contributed by atoms with Gasteiger partial charge in [0.15, 0.2) is 5.75 Å². The first-order chi connectivity index (χ1) is 10.5. The zero-order valence-corrected chi connectivity index (χ0v) is 14.0. The summed E-state index contributed by atoms with van der Waals surface area (Å²) in [7, 11) is 0. The number of hydrogen-bond donors (Lipinski definition) is 0. The summed E-state index contributed by atoms with van der Waals surface area (Å²) in [5.74, 6) is 0.953. The van der Waals surface area contributed by atoms with Crippen LogP contribution in [0.4, 0.5) is 0 Å². The molecular formula is C18H24N2O2. The Hall–Kier alpha value is -2.10. The van der Waals surface area contributed by atoms with Gasteiger partial charge in [0.05, 0.1) is 12.2 Å². The molecule has 0 aliphatic carbocycles. The van der Waals surface area contributed by atoms with Crippen LogP contribution in [0.1, 0.15) is 32.0 Å². The van der Waals surface area contributed by atoms with Gasteiger partial charge in [-0.3, -0.25) is 4.79 Å². The highest BCUT2D eigenvalue weighted by Crippen LogP contribution is 2.31. The van der Waals surface area contributed by atoms with Crippen molar-refractivity contribution in [1.82, 2.24) is 9.78 Å². The van der Waals surface area contributed by atoms with Gasteiger partial charge in [-0.2, -0.15) is 5.10 Å². The van der Waals surface area contributed by atoms with Gasteiger partial charge in [-0.05, 0) is 37.8 Å². The Morgan fingerprint density at radius 3 is 2.50 bits per heavy atom. The third-order valence-electron chi connectivity index (χ3n) is 3.52. The molecule has 2 rings (SSSR count). The minimum Gasteiger partial charge on any atom is -0.491 e. The molecule has 0 amide bonds. The van der Waals surface area contributed by atoms with Gasteiger partial charge >= 0.3 is 0 Å². The Balaban J connectivity index is 2.75. The van der Waals surface area contributed by atoms with Gasteiger partial charge in [0.2, 0.25) is 0 Å². The van der Waals surface area contributed by atoms with Crippen LogP contribution >= 0.6 is 0 Å². The smallest absolute Gasteiger partial charge is 0.278 e. The average molecular weight is 300 g/mol. The van der Waals surface area contributed by atoms with Crippen LogP contribution in [0.5, 0.6) is 5.75 Å². The van der Waals surface area contributed by atoms with Crippen LogP contribution in [-0.4, -0.2) is 16.4 Å². The summed E-state index contributed by atoms with van der Waals surface area (Å²) in [4.78, 5) is 12.9. The minimum atomic E-state index is -0.0861. The molecule has 0 aliphatic rings. The third kappa shape index (κ3) is 3.21. The zero-order valence-electron chi connectivity index (χ0n) is 14.0. The van der Waals surface area contributed by atoms with Gasteiger partial charge in [-0.1, -0.05) is 38.1 Å². The predicted octanol–water partition coefficient (Wildman–Crippen LogP) is 3.58. The third-order valence-corrected chi connectivity index (χ3v) is 3.52. The Morgan fingerprint density at radius 1 is 1.23 bits per heavy atom. The van der Waals surface area contributed by atoms with Gasteiger partial charge in [0.25, 0.3) is 5.56 Å². The quantitative estimate of drug-likeness (QED) is 0.847. The van der Waals surface area contributed by atoms with Crippen molar-refractivity contribution in [2.45, 2.75) is 41.2 Å². The first kappa shape index (κ1) is 16.3. The Labute approximate surface area is 131 Å². The summed E-state index contributed by atoms with van der Waals surface area (Å²) >= 11 is 0. The van der Waals surface area contributed by atoms with E-state index >= 15 is 0 Å². The molecule has 4 heteroatoms. The van der Waals surface area contributed by atoms with E-state index in [2.05, 4.69) is 18.9 Å². The highest BCUT2D eigenvalue weighted by Gasteiger charge is 2.19. The standard InChI is InChI=1S/C18H24N2O2/c1-6-22-17-14(5)19-20(11-12(2)3)18(21)16(17)15-10-8-7-9-13(15)4/h7-10,12H,6,11H2,1-5H3. The van der Waals surface area contributed by atoms with Crippen molar-refractivity contribution in [2.75, 3.05) is 6.61 Å². The van der Waals surface area contributed by atoms with Crippen molar-refractivity contribution in [3.8, 4) is 16.9 Å². The van der Waals surface area contributed by atoms with Gasteiger partial charge in [-0.25, -0.2) is 4.68 Å². The first-order valence-electron chi connectivity index (χ1n) is 7.76. The summed E-state index contributed by atoms with van der Waals surface area (Å²) in [5, 5.41) is 4.43. The summed E-state index contributed by atoms with van der Waals surface area (Å²) < 4.78 is 7.30. The molecule has 1 aromatic carbocycles. The van der Waals surface area contributed by atoms with Crippen LogP contribution < -0.4 is 10.3 Å². The van der Waals surface area contributed by atoms with E-state index in [4.69, 9.17) is 4.74 Å². The molecule has 0 atom stereocenters. The van der Waals surface area contributed by atoms with E-state index in [-0.39, 0.29) is 5.56 Å². The van der Waals surface area contributed by atoms with E-state index in [1.54, 1.807) is 4.68 Å². The molecule has 0 saturated carbocycles. The van der Waals surface area contributed by atoms with E-state index in [9.17, 15) is 4.79 Å². The summed E-state index contributed by atoms with van der Waals surface area (Å²) in [6, 6.07) is 7.89. The largest absolute Gasteiger partial charge is 0.491 e. The van der Waals surface area contributed by atoms with Crippen LogP contribution in [-0.2, 0) is 6.54 Å². The minimum absolute atomic E-state index is 0.0861. The van der Waals surface area contributed by atoms with E-state index in [0.29, 0.717) is 30.4 Å². The molecule has 0 saturated heterocycles. The van der Waals surface area contributed by atoms with Crippen molar-refractivity contribution in [3.63, 3.8) is 0 Å². The van der Waals surface area contributed by atoms with Gasteiger partial charge in [0.1, 0.15) is 5.69 Å². The monoisotopic (exact) mass is 300 g/mol. The number of aryl methyl sites for hydroxylation is 2. The maximum absolute atomic E-state index is 12.9. The van der Waals surface area contributed by atoms with Gasteiger partial charge in [0, 0.05) is 6.54 Å². The van der Waals surface area contributed by atoms with Gasteiger partial charge in [-0.15, -0.1) is 0 Å². The van der Waals surface area contributed by atoms with E-state index in [1.807, 2.05) is 45.0 Å². The second kappa shape index (κ2) is 6.77. The molecule has 0 spiro atoms. The second-order valence-electron chi connectivity index (χ2n) is 5.92. The molecule has 0 fully saturated rings. The van der Waals surface area contributed by atoms with E-state index < -0.39 is 0 Å².